The van der Waals surface area contributed by atoms with Gasteiger partial charge in [-0.05, 0) is 80.7 Å². The number of amides is 7. The van der Waals surface area contributed by atoms with Gasteiger partial charge in [-0.15, -0.1) is 0 Å². The monoisotopic (exact) mass is 804 g/mol. The van der Waals surface area contributed by atoms with Gasteiger partial charge in [0.05, 0.1) is 35.2 Å². The van der Waals surface area contributed by atoms with Gasteiger partial charge in [-0.3, -0.25) is 34.2 Å². The number of fused-ring (bicyclic) bond motifs is 1. The van der Waals surface area contributed by atoms with Crippen molar-refractivity contribution in [3.8, 4) is 0 Å². The number of anilines is 5. The largest absolute Gasteiger partial charge is 0.371 e. The standard InChI is InChI=1S/C41H48N12O6/c1-48-19-20-52(40(48)59)27-3-2-14-51(24-27)32-23-44-34(35(42)55)36(46-32)45-31-8-5-26(22-43-31)50-17-12-41(13-18-50)10-15-49(16-11-41)25-4-6-28-29(21-25)39(58)53(38(28)57)30-7-9-33(54)47-37(30)56/h4-6,8,21-23,27,30H,2-3,7,9-20,24H2,1H3,(H2,42,55)(H,43,45,46)(H,47,54,56)/t27-,30?/m0/s1. The average molecular weight is 805 g/mol. The van der Waals surface area contributed by atoms with Crippen LogP contribution >= 0.6 is 0 Å². The summed E-state index contributed by atoms with van der Waals surface area (Å²) in [7, 11) is 1.82. The number of hydrogen-bond donors (Lipinski definition) is 3. The molecule has 308 valence electrons. The van der Waals surface area contributed by atoms with Crippen LogP contribution in [0.2, 0.25) is 0 Å². The Kier molecular flexibility index (Phi) is 9.79. The zero-order valence-electron chi connectivity index (χ0n) is 33.1. The van der Waals surface area contributed by atoms with Gasteiger partial charge in [0.1, 0.15) is 17.7 Å². The van der Waals surface area contributed by atoms with Crippen molar-refractivity contribution in [2.75, 3.05) is 79.4 Å². The van der Waals surface area contributed by atoms with Crippen molar-refractivity contribution >= 4 is 64.4 Å². The van der Waals surface area contributed by atoms with E-state index in [2.05, 4.69) is 35.3 Å². The first-order valence-corrected chi connectivity index (χ1v) is 20.5. The molecular formula is C41H48N12O6. The molecule has 1 unspecified atom stereocenters. The molecule has 0 bridgehead atoms. The first-order valence-electron chi connectivity index (χ1n) is 20.5. The van der Waals surface area contributed by atoms with E-state index in [4.69, 9.17) is 10.7 Å². The number of aromatic nitrogens is 3. The molecule has 6 aliphatic rings. The second kappa shape index (κ2) is 15.1. The summed E-state index contributed by atoms with van der Waals surface area (Å²) >= 11 is 0. The molecule has 0 saturated carbocycles. The van der Waals surface area contributed by atoms with E-state index in [0.717, 1.165) is 87.5 Å². The first kappa shape index (κ1) is 38.2. The minimum absolute atomic E-state index is 0.0214. The number of pyridine rings is 1. The molecule has 0 radical (unpaired) electrons. The van der Waals surface area contributed by atoms with Crippen LogP contribution in [0, 0.1) is 5.41 Å². The van der Waals surface area contributed by atoms with Crippen LogP contribution in [0.25, 0.3) is 0 Å². The van der Waals surface area contributed by atoms with Crippen molar-refractivity contribution in [3.63, 3.8) is 0 Å². The van der Waals surface area contributed by atoms with Gasteiger partial charge in [0.15, 0.2) is 11.5 Å². The van der Waals surface area contributed by atoms with Crippen LogP contribution in [-0.4, -0.2) is 137 Å². The van der Waals surface area contributed by atoms with Gasteiger partial charge in [0.25, 0.3) is 17.7 Å². The average Bonchev–Trinajstić information content (AvgIpc) is 3.71. The number of likely N-dealkylation sites (N-methyl/N-ethyl adjacent to an activating group) is 1. The molecule has 1 spiro atoms. The number of urea groups is 1. The fourth-order valence-electron chi connectivity index (χ4n) is 9.63. The summed E-state index contributed by atoms with van der Waals surface area (Å²) in [6.45, 7) is 6.22. The molecule has 9 rings (SSSR count). The van der Waals surface area contributed by atoms with Crippen molar-refractivity contribution in [1.29, 1.82) is 0 Å². The van der Waals surface area contributed by atoms with Crippen molar-refractivity contribution in [2.45, 2.75) is 63.5 Å². The molecule has 2 aromatic heterocycles. The van der Waals surface area contributed by atoms with E-state index in [1.54, 1.807) is 23.2 Å². The summed E-state index contributed by atoms with van der Waals surface area (Å²) in [6, 6.07) is 8.34. The Balaban J connectivity index is 0.798. The molecule has 8 heterocycles. The Morgan fingerprint density at radius 2 is 1.53 bits per heavy atom. The molecular weight excluding hydrogens is 757 g/mol. The number of carbonyl (C=O) groups excluding carboxylic acids is 6. The molecule has 6 aliphatic heterocycles. The number of piperidine rings is 4. The van der Waals surface area contributed by atoms with Gasteiger partial charge in [-0.2, -0.15) is 0 Å². The minimum Gasteiger partial charge on any atom is -0.371 e. The summed E-state index contributed by atoms with van der Waals surface area (Å²) in [5.74, 6) is -1.37. The highest BCUT2D eigenvalue weighted by Gasteiger charge is 2.45. The van der Waals surface area contributed by atoms with E-state index < -0.39 is 35.6 Å². The Morgan fingerprint density at radius 3 is 2.19 bits per heavy atom. The zero-order chi connectivity index (χ0) is 41.0. The Morgan fingerprint density at radius 1 is 0.814 bits per heavy atom. The summed E-state index contributed by atoms with van der Waals surface area (Å²) in [6.07, 6.45) is 9.48. The molecule has 3 aromatic rings. The van der Waals surface area contributed by atoms with Crippen molar-refractivity contribution < 1.29 is 28.8 Å². The summed E-state index contributed by atoms with van der Waals surface area (Å²) in [5.41, 5.74) is 8.39. The van der Waals surface area contributed by atoms with Crippen molar-refractivity contribution in [2.24, 2.45) is 11.1 Å². The third kappa shape index (κ3) is 7.13. The van der Waals surface area contributed by atoms with Gasteiger partial charge in [-0.25, -0.2) is 19.7 Å². The molecule has 7 amide bonds. The summed E-state index contributed by atoms with van der Waals surface area (Å²) in [4.78, 5) is 101. The zero-order valence-corrected chi connectivity index (χ0v) is 33.1. The molecule has 5 saturated heterocycles. The van der Waals surface area contributed by atoms with E-state index in [1.807, 2.05) is 36.3 Å². The lowest BCUT2D eigenvalue weighted by Gasteiger charge is -2.48. The van der Waals surface area contributed by atoms with Crippen LogP contribution in [0.5, 0.6) is 0 Å². The van der Waals surface area contributed by atoms with E-state index >= 15 is 0 Å². The highest BCUT2D eigenvalue weighted by molar-refractivity contribution is 6.23. The second-order valence-electron chi connectivity index (χ2n) is 16.6. The number of nitrogens with one attached hydrogen (secondary N) is 2. The number of hydrogen-bond acceptors (Lipinski definition) is 13. The van der Waals surface area contributed by atoms with Gasteiger partial charge in [-0.1, -0.05) is 0 Å². The number of nitrogens with zero attached hydrogens (tertiary/aromatic N) is 9. The number of imide groups is 2. The fourth-order valence-corrected chi connectivity index (χ4v) is 9.63. The van der Waals surface area contributed by atoms with E-state index in [-0.39, 0.29) is 47.4 Å². The highest BCUT2D eigenvalue weighted by Crippen LogP contribution is 2.43. The molecule has 18 nitrogen and oxygen atoms in total. The minimum atomic E-state index is -0.985. The molecule has 18 heteroatoms. The number of nitrogens with two attached hydrogens (primary N) is 1. The maximum Gasteiger partial charge on any atom is 0.320 e. The number of primary amides is 1. The van der Waals surface area contributed by atoms with Gasteiger partial charge in [0, 0.05) is 71.5 Å². The second-order valence-corrected chi connectivity index (χ2v) is 16.6. The lowest BCUT2D eigenvalue weighted by molar-refractivity contribution is -0.136. The molecule has 59 heavy (non-hydrogen) atoms. The third-order valence-corrected chi connectivity index (χ3v) is 13.2. The number of carbonyl (C=O) groups is 6. The van der Waals surface area contributed by atoms with Gasteiger partial charge in [0.2, 0.25) is 11.8 Å². The Hall–Kier alpha value is -6.33. The van der Waals surface area contributed by atoms with Crippen molar-refractivity contribution in [1.82, 2.24) is 35.0 Å². The smallest absolute Gasteiger partial charge is 0.320 e. The number of rotatable bonds is 8. The summed E-state index contributed by atoms with van der Waals surface area (Å²) in [5, 5.41) is 5.42. The third-order valence-electron chi connectivity index (χ3n) is 13.2. The normalized spacial score (nSPS) is 23.3. The Bertz CT molecular complexity index is 2220. The predicted octanol–water partition coefficient (Wildman–Crippen LogP) is 2.34. The quantitative estimate of drug-likeness (QED) is 0.280. The fraction of sp³-hybridized carbons (Fsp3) is 0.488. The lowest BCUT2D eigenvalue weighted by Crippen LogP contribution is -2.54. The van der Waals surface area contributed by atoms with Crippen LogP contribution in [0.15, 0.2) is 42.7 Å². The van der Waals surface area contributed by atoms with E-state index in [0.29, 0.717) is 36.8 Å². The molecule has 2 atom stereocenters. The van der Waals surface area contributed by atoms with E-state index in [1.165, 1.54) is 0 Å². The molecule has 0 aliphatic carbocycles. The highest BCUT2D eigenvalue weighted by atomic mass is 16.2. The van der Waals surface area contributed by atoms with Crippen LogP contribution in [0.3, 0.4) is 0 Å². The summed E-state index contributed by atoms with van der Waals surface area (Å²) < 4.78 is 0. The molecule has 1 aromatic carbocycles. The van der Waals surface area contributed by atoms with E-state index in [9.17, 15) is 28.8 Å². The van der Waals surface area contributed by atoms with Crippen molar-refractivity contribution in [3.05, 3.63) is 59.5 Å². The maximum absolute atomic E-state index is 13.4. The topological polar surface area (TPSA) is 211 Å². The van der Waals surface area contributed by atoms with Crippen LogP contribution in [0.4, 0.5) is 33.6 Å². The molecule has 4 N–H and O–H groups in total. The predicted molar refractivity (Wildman–Crippen MR) is 216 cm³/mol. The lowest BCUT2D eigenvalue weighted by atomic mass is 9.71. The SMILES string of the molecule is CN1CCN([C@H]2CCCN(c3cnc(C(N)=O)c(Nc4ccc(N5CCC6(CC5)CCN(c5ccc7c(c5)C(=O)N(C5CCC(=O)NC5=O)C7=O)CC6)cn4)n3)C2)C1=O. The maximum atomic E-state index is 13.4. The van der Waals surface area contributed by atoms with Gasteiger partial charge < -0.3 is 35.6 Å². The Labute approximate surface area is 341 Å². The van der Waals surface area contributed by atoms with Gasteiger partial charge >= 0.3 is 6.03 Å². The van der Waals surface area contributed by atoms with Crippen LogP contribution in [-0.2, 0) is 9.59 Å². The number of benzene rings is 1. The van der Waals surface area contributed by atoms with Crippen LogP contribution in [0.1, 0.15) is 82.6 Å². The van der Waals surface area contributed by atoms with Crippen LogP contribution < -0.4 is 31.1 Å². The first-order chi connectivity index (χ1) is 28.5. The molecule has 5 fully saturated rings.